The van der Waals surface area contributed by atoms with Gasteiger partial charge in [-0.15, -0.1) is 40.0 Å². The van der Waals surface area contributed by atoms with Crippen molar-refractivity contribution >= 4 is 81.3 Å². The maximum Gasteiger partial charge on any atom is 0.413 e. The van der Waals surface area contributed by atoms with Gasteiger partial charge in [0.05, 0.1) is 11.3 Å². The molecule has 0 bridgehead atoms. The molecular weight excluding hydrogens is 989 g/mol. The number of hydrogen-bond donors (Lipinski definition) is 2. The molecule has 0 radical (unpaired) electrons. The van der Waals surface area contributed by atoms with E-state index in [1.807, 2.05) is 126 Å². The third-order valence-corrected chi connectivity index (χ3v) is 15.8. The van der Waals surface area contributed by atoms with E-state index in [0.717, 1.165) is 39.2 Å². The molecule has 19 heteroatoms. The van der Waals surface area contributed by atoms with Crippen LogP contribution >= 0.6 is 46.6 Å². The van der Waals surface area contributed by atoms with Crippen molar-refractivity contribution in [3.8, 4) is 0 Å². The Balaban J connectivity index is 0.986. The second kappa shape index (κ2) is 22.1. The van der Waals surface area contributed by atoms with Gasteiger partial charge in [-0.3, -0.25) is 19.8 Å². The number of aromatic nitrogens is 4. The van der Waals surface area contributed by atoms with Crippen LogP contribution < -0.4 is 10.6 Å². The molecular formula is C53H48N8O7S4. The average molecular weight is 1040 g/mol. The number of esters is 1. The lowest BCUT2D eigenvalue weighted by molar-refractivity contribution is -0.154. The first-order valence-electron chi connectivity index (χ1n) is 22.7. The number of thiazole rings is 1. The first-order valence-corrected chi connectivity index (χ1v) is 26.6. The topological polar surface area (TPSA) is 179 Å². The smallest absolute Gasteiger partial charge is 0.413 e. The van der Waals surface area contributed by atoms with Crippen molar-refractivity contribution in [1.29, 1.82) is 0 Å². The summed E-state index contributed by atoms with van der Waals surface area (Å²) in [5.41, 5.74) is 2.90. The van der Waals surface area contributed by atoms with Crippen molar-refractivity contribution in [2.75, 3.05) is 23.3 Å². The van der Waals surface area contributed by atoms with Gasteiger partial charge in [0.15, 0.2) is 16.9 Å². The van der Waals surface area contributed by atoms with Crippen LogP contribution in [0.15, 0.2) is 184 Å². The maximum atomic E-state index is 14.8. The van der Waals surface area contributed by atoms with Gasteiger partial charge in [-0.05, 0) is 48.6 Å². The number of β-lactam (4-membered cyclic amide) rings is 1. The molecule has 1 saturated heterocycles. The van der Waals surface area contributed by atoms with Crippen LogP contribution in [0.3, 0.4) is 0 Å². The van der Waals surface area contributed by atoms with Crippen LogP contribution in [-0.2, 0) is 34.2 Å². The van der Waals surface area contributed by atoms with E-state index in [1.165, 1.54) is 52.7 Å². The van der Waals surface area contributed by atoms with E-state index in [-0.39, 0.29) is 22.2 Å². The first-order chi connectivity index (χ1) is 34.9. The molecule has 9 rings (SSSR count). The largest absolute Gasteiger partial charge is 0.448 e. The normalized spacial score (nSPS) is 15.9. The molecule has 4 heterocycles. The lowest BCUT2D eigenvalue weighted by Gasteiger charge is -2.49. The number of fused-ring (bicyclic) bond motifs is 1. The molecule has 3 amide bonds. The number of thioether (sulfide) groups is 3. The number of anilines is 1. The van der Waals surface area contributed by atoms with Gasteiger partial charge in [-0.2, -0.15) is 0 Å². The minimum atomic E-state index is -1.04. The van der Waals surface area contributed by atoms with Gasteiger partial charge in [0.1, 0.15) is 46.1 Å². The van der Waals surface area contributed by atoms with Crippen LogP contribution in [0.1, 0.15) is 60.4 Å². The molecule has 15 nitrogen and oxygen atoms in total. The lowest BCUT2D eigenvalue weighted by Crippen LogP contribution is -2.71. The SMILES string of the molecule is CO/N=C(\C(=O)N[C@@H]1C(=O)N2C(C(=O)OC(c3ccccc3)c3ccccc3)=C(SCSc3cn(C(c4ccccc4)(c4ccccc4)c4ccccc4)nn3)CS[C@H]12)c1csc(NC(=O)OC(C)(C)C)n1. The quantitative estimate of drug-likeness (QED) is 0.0168. The minimum absolute atomic E-state index is 0.0970. The Morgan fingerprint density at radius 3 is 1.90 bits per heavy atom. The van der Waals surface area contributed by atoms with Crippen LogP contribution in [0.25, 0.3) is 0 Å². The van der Waals surface area contributed by atoms with Crippen molar-refractivity contribution < 1.29 is 33.5 Å². The van der Waals surface area contributed by atoms with Gasteiger partial charge in [0.2, 0.25) is 0 Å². The van der Waals surface area contributed by atoms with Crippen molar-refractivity contribution in [3.05, 3.63) is 207 Å². The molecule has 0 saturated carbocycles. The van der Waals surface area contributed by atoms with Crippen molar-refractivity contribution in [2.24, 2.45) is 5.16 Å². The number of ether oxygens (including phenoxy) is 2. The van der Waals surface area contributed by atoms with Gasteiger partial charge in [-0.1, -0.05) is 174 Å². The van der Waals surface area contributed by atoms with Crippen molar-refractivity contribution in [1.82, 2.24) is 30.2 Å². The maximum absolute atomic E-state index is 14.8. The van der Waals surface area contributed by atoms with Gasteiger partial charge in [0, 0.05) is 16.0 Å². The van der Waals surface area contributed by atoms with E-state index >= 15 is 0 Å². The van der Waals surface area contributed by atoms with E-state index in [9.17, 15) is 19.2 Å². The van der Waals surface area contributed by atoms with Crippen LogP contribution in [0, 0.1) is 0 Å². The van der Waals surface area contributed by atoms with Crippen LogP contribution in [-0.4, -0.2) is 89.4 Å². The summed E-state index contributed by atoms with van der Waals surface area (Å²) in [5, 5.41) is 20.8. The molecule has 7 aromatic rings. The first kappa shape index (κ1) is 49.8. The lowest BCUT2D eigenvalue weighted by atomic mass is 9.77. The van der Waals surface area contributed by atoms with Gasteiger partial charge >= 0.3 is 12.1 Å². The monoisotopic (exact) mass is 1040 g/mol. The Bertz CT molecular complexity index is 2960. The molecule has 2 aliphatic heterocycles. The number of carbonyl (C=O) groups is 4. The summed E-state index contributed by atoms with van der Waals surface area (Å²) in [6.07, 6.45) is 0.433. The number of rotatable bonds is 17. The van der Waals surface area contributed by atoms with Crippen molar-refractivity contribution in [3.63, 3.8) is 0 Å². The molecule has 0 unspecified atom stereocenters. The predicted octanol–water partition coefficient (Wildman–Crippen LogP) is 9.70. The van der Waals surface area contributed by atoms with Crippen LogP contribution in [0.2, 0.25) is 0 Å². The highest BCUT2D eigenvalue weighted by Gasteiger charge is 2.55. The summed E-state index contributed by atoms with van der Waals surface area (Å²) in [6.45, 7) is 5.20. The highest BCUT2D eigenvalue weighted by molar-refractivity contribution is 8.18. The molecule has 2 atom stereocenters. The van der Waals surface area contributed by atoms with Gasteiger partial charge < -0.3 is 19.6 Å². The number of benzene rings is 5. The Hall–Kier alpha value is -7.19. The van der Waals surface area contributed by atoms with Gasteiger partial charge in [0.25, 0.3) is 11.8 Å². The molecule has 2 aliphatic rings. The third kappa shape index (κ3) is 10.7. The summed E-state index contributed by atoms with van der Waals surface area (Å²) >= 11 is 5.32. The zero-order chi connectivity index (χ0) is 50.2. The standard InChI is InChI=1S/C53H48N8O7S4/c1-52(2,3)68-51(65)56-50-54-39(31-70-50)42(58-66-4)46(62)55-43-47(63)61-44(49(64)67-45(34-20-10-5-11-21-34)35-22-12-6-13-23-35)40(32-69-48(43)61)71-33-72-41-30-60(59-57-41)53(36-24-14-7-15-25-36,37-26-16-8-17-27-37)38-28-18-9-19-29-38/h5-31,43,45,48H,32-33H2,1-4H3,(H,55,62)(H,54,56,65)/b58-42-/t43-,48-/m1/s1. The number of amides is 3. The number of carbonyl (C=O) groups excluding carboxylic acids is 4. The fourth-order valence-corrected chi connectivity index (χ4v) is 12.6. The Morgan fingerprint density at radius 1 is 0.806 bits per heavy atom. The second-order valence-electron chi connectivity index (χ2n) is 17.2. The predicted molar refractivity (Wildman–Crippen MR) is 281 cm³/mol. The van der Waals surface area contributed by atoms with Gasteiger partial charge in [-0.25, -0.2) is 19.3 Å². The van der Waals surface area contributed by atoms with Crippen LogP contribution in [0.5, 0.6) is 0 Å². The number of hydrogen-bond acceptors (Lipinski definition) is 15. The van der Waals surface area contributed by atoms with E-state index in [2.05, 4.69) is 62.3 Å². The Morgan fingerprint density at radius 2 is 1.36 bits per heavy atom. The highest BCUT2D eigenvalue weighted by atomic mass is 32.2. The minimum Gasteiger partial charge on any atom is -0.448 e. The fourth-order valence-electron chi connectivity index (χ4n) is 8.35. The van der Waals surface area contributed by atoms with E-state index in [4.69, 9.17) is 19.5 Å². The number of nitrogens with zero attached hydrogens (tertiary/aromatic N) is 6. The zero-order valence-corrected chi connectivity index (χ0v) is 42.7. The fraction of sp³-hybridized carbons (Fsp3) is 0.208. The summed E-state index contributed by atoms with van der Waals surface area (Å²) in [5.74, 6) is -1.62. The summed E-state index contributed by atoms with van der Waals surface area (Å²) in [4.78, 5) is 67.0. The molecule has 2 N–H and O–H groups in total. The molecule has 0 spiro atoms. The molecule has 366 valence electrons. The van der Waals surface area contributed by atoms with Crippen LogP contribution in [0.4, 0.5) is 9.93 Å². The Labute approximate surface area is 432 Å². The molecule has 1 fully saturated rings. The summed E-state index contributed by atoms with van der Waals surface area (Å²) in [6, 6.07) is 48.4. The third-order valence-electron chi connectivity index (χ3n) is 11.4. The molecule has 2 aromatic heterocycles. The molecule has 5 aromatic carbocycles. The second-order valence-corrected chi connectivity index (χ2v) is 21.6. The Kier molecular flexibility index (Phi) is 15.3. The van der Waals surface area contributed by atoms with E-state index in [0.29, 0.717) is 20.8 Å². The summed E-state index contributed by atoms with van der Waals surface area (Å²) in [7, 11) is 1.28. The molecule has 72 heavy (non-hydrogen) atoms. The average Bonchev–Trinajstić information content (AvgIpc) is 4.07. The van der Waals surface area contributed by atoms with E-state index in [1.54, 1.807) is 20.8 Å². The number of nitrogens with one attached hydrogen (secondary N) is 2. The molecule has 0 aliphatic carbocycles. The van der Waals surface area contributed by atoms with Crippen molar-refractivity contribution in [2.45, 2.75) is 54.5 Å². The number of oxime groups is 1. The highest BCUT2D eigenvalue weighted by Crippen LogP contribution is 2.46. The zero-order valence-electron chi connectivity index (χ0n) is 39.4. The summed E-state index contributed by atoms with van der Waals surface area (Å²) < 4.78 is 13.6. The van der Waals surface area contributed by atoms with E-state index < -0.39 is 52.5 Å².